The van der Waals surface area contributed by atoms with Gasteiger partial charge in [0.05, 0.1) is 12.3 Å². The molecule has 0 aromatic heterocycles. The van der Waals surface area contributed by atoms with Crippen molar-refractivity contribution >= 4 is 17.3 Å². The summed E-state index contributed by atoms with van der Waals surface area (Å²) < 4.78 is 11.6. The molecule has 2 aromatic rings. The van der Waals surface area contributed by atoms with Crippen LogP contribution in [0.25, 0.3) is 0 Å². The lowest BCUT2D eigenvalue weighted by Crippen LogP contribution is -2.32. The van der Waals surface area contributed by atoms with E-state index in [9.17, 15) is 4.79 Å². The first kappa shape index (κ1) is 18.1. The lowest BCUT2D eigenvalue weighted by Gasteiger charge is -2.19. The normalized spacial score (nSPS) is 16.4. The van der Waals surface area contributed by atoms with Gasteiger partial charge in [-0.25, -0.2) is 0 Å². The number of hydrogen-bond donors (Lipinski definition) is 2. The molecule has 5 nitrogen and oxygen atoms in total. The Bertz CT molecular complexity index is 787. The number of hydrogen-bond acceptors (Lipinski definition) is 4. The summed E-state index contributed by atoms with van der Waals surface area (Å²) in [5.74, 6) is 1.50. The second-order valence-corrected chi connectivity index (χ2v) is 6.74. The van der Waals surface area contributed by atoms with Crippen molar-refractivity contribution in [3.63, 3.8) is 0 Å². The Morgan fingerprint density at radius 3 is 2.73 bits per heavy atom. The third kappa shape index (κ3) is 4.10. The van der Waals surface area contributed by atoms with Gasteiger partial charge in [-0.3, -0.25) is 4.79 Å². The Morgan fingerprint density at radius 1 is 1.31 bits per heavy atom. The molecule has 0 saturated heterocycles. The molecule has 0 saturated carbocycles. The lowest BCUT2D eigenvalue weighted by atomic mass is 10.1. The molecule has 1 aliphatic heterocycles. The predicted octanol–water partition coefficient (Wildman–Crippen LogP) is 4.16. The van der Waals surface area contributed by atoms with Crippen molar-refractivity contribution in [2.24, 2.45) is 0 Å². The minimum Gasteiger partial charge on any atom is -0.492 e. The maximum absolute atomic E-state index is 12.5. The van der Waals surface area contributed by atoms with Crippen LogP contribution in [0.1, 0.15) is 31.9 Å². The van der Waals surface area contributed by atoms with E-state index in [4.69, 9.17) is 9.47 Å². The van der Waals surface area contributed by atoms with Crippen LogP contribution in [0, 0.1) is 6.92 Å². The third-order valence-electron chi connectivity index (χ3n) is 4.38. The summed E-state index contributed by atoms with van der Waals surface area (Å²) in [4.78, 5) is 12.5. The van der Waals surface area contributed by atoms with Gasteiger partial charge in [-0.05, 0) is 45.9 Å². The number of fused-ring (bicyclic) bond motifs is 1. The van der Waals surface area contributed by atoms with E-state index in [1.54, 1.807) is 0 Å². The van der Waals surface area contributed by atoms with Crippen LogP contribution in [0.3, 0.4) is 0 Å². The van der Waals surface area contributed by atoms with Gasteiger partial charge in [0, 0.05) is 23.7 Å². The molecule has 26 heavy (non-hydrogen) atoms. The van der Waals surface area contributed by atoms with Crippen LogP contribution in [0.5, 0.6) is 11.5 Å². The molecule has 0 spiro atoms. The van der Waals surface area contributed by atoms with Gasteiger partial charge < -0.3 is 20.1 Å². The van der Waals surface area contributed by atoms with E-state index in [1.807, 2.05) is 64.1 Å². The molecule has 2 N–H and O–H groups in total. The number of carbonyl (C=O) groups excluding carboxylic acids is 1. The van der Waals surface area contributed by atoms with Gasteiger partial charge in [0.2, 0.25) is 5.91 Å². The summed E-state index contributed by atoms with van der Waals surface area (Å²) in [5.41, 5.74) is 3.85. The molecule has 0 bridgehead atoms. The Hall–Kier alpha value is -2.69. The Morgan fingerprint density at radius 2 is 2.04 bits per heavy atom. The number of carbonyl (C=O) groups is 1. The largest absolute Gasteiger partial charge is 0.492 e. The van der Waals surface area contributed by atoms with Gasteiger partial charge in [0.15, 0.2) is 0 Å². The van der Waals surface area contributed by atoms with Crippen LogP contribution in [0.4, 0.5) is 11.4 Å². The summed E-state index contributed by atoms with van der Waals surface area (Å²) in [6, 6.07) is 11.3. The summed E-state index contributed by atoms with van der Waals surface area (Å²) in [5, 5.41) is 6.18. The van der Waals surface area contributed by atoms with Crippen LogP contribution in [0.15, 0.2) is 36.4 Å². The number of benzene rings is 2. The average molecular weight is 354 g/mol. The minimum absolute atomic E-state index is 0.105. The van der Waals surface area contributed by atoms with E-state index in [0.29, 0.717) is 6.61 Å². The number of amides is 1. The summed E-state index contributed by atoms with van der Waals surface area (Å²) in [7, 11) is 0. The zero-order valence-corrected chi connectivity index (χ0v) is 15.8. The molecule has 1 heterocycles. The van der Waals surface area contributed by atoms with E-state index in [1.165, 1.54) is 0 Å². The third-order valence-corrected chi connectivity index (χ3v) is 4.38. The second kappa shape index (κ2) is 7.68. The van der Waals surface area contributed by atoms with Crippen molar-refractivity contribution in [1.82, 2.24) is 0 Å². The molecule has 1 aliphatic rings. The van der Waals surface area contributed by atoms with E-state index in [2.05, 4.69) is 10.6 Å². The Labute approximate surface area is 154 Å². The zero-order valence-electron chi connectivity index (χ0n) is 15.8. The van der Waals surface area contributed by atoms with Gasteiger partial charge in [-0.15, -0.1) is 0 Å². The zero-order chi connectivity index (χ0) is 18.7. The summed E-state index contributed by atoms with van der Waals surface area (Å²) in [6.07, 6.45) is 1.04. The number of ether oxygens (including phenoxy) is 2. The molecule has 0 fully saturated rings. The predicted molar refractivity (Wildman–Crippen MR) is 104 cm³/mol. The van der Waals surface area contributed by atoms with Gasteiger partial charge >= 0.3 is 0 Å². The van der Waals surface area contributed by atoms with Crippen LogP contribution < -0.4 is 20.1 Å². The minimum atomic E-state index is -0.424. The smallest absolute Gasteiger partial charge is 0.246 e. The van der Waals surface area contributed by atoms with Crippen LogP contribution in [-0.2, 0) is 11.2 Å². The molecule has 0 unspecified atom stereocenters. The number of anilines is 2. The maximum atomic E-state index is 12.5. The molecule has 0 aliphatic carbocycles. The molecule has 1 amide bonds. The van der Waals surface area contributed by atoms with Crippen molar-refractivity contribution in [3.8, 4) is 11.5 Å². The first-order chi connectivity index (χ1) is 12.5. The van der Waals surface area contributed by atoms with Gasteiger partial charge in [0.1, 0.15) is 23.6 Å². The van der Waals surface area contributed by atoms with Gasteiger partial charge in [0.25, 0.3) is 0 Å². The van der Waals surface area contributed by atoms with E-state index in [-0.39, 0.29) is 12.0 Å². The van der Waals surface area contributed by atoms with Crippen molar-refractivity contribution in [2.75, 3.05) is 17.2 Å². The quantitative estimate of drug-likeness (QED) is 0.818. The molecule has 3 rings (SSSR count). The molecule has 2 atom stereocenters. The number of aryl methyl sites for hydroxylation is 1. The van der Waals surface area contributed by atoms with Crippen molar-refractivity contribution in [1.29, 1.82) is 0 Å². The average Bonchev–Trinajstić information content (AvgIpc) is 2.96. The first-order valence-corrected chi connectivity index (χ1v) is 9.06. The summed E-state index contributed by atoms with van der Waals surface area (Å²) >= 11 is 0. The topological polar surface area (TPSA) is 59.6 Å². The van der Waals surface area contributed by atoms with Crippen LogP contribution in [-0.4, -0.2) is 24.7 Å². The second-order valence-electron chi connectivity index (χ2n) is 6.74. The maximum Gasteiger partial charge on any atom is 0.246 e. The van der Waals surface area contributed by atoms with E-state index in [0.717, 1.165) is 40.4 Å². The van der Waals surface area contributed by atoms with Gasteiger partial charge in [-0.2, -0.15) is 0 Å². The van der Waals surface area contributed by atoms with Crippen molar-refractivity contribution < 1.29 is 14.3 Å². The standard InChI is InChI=1S/C21H26N2O3/c1-5-25-20-11-16-10-14(3)26-19(16)12-18(20)22-15(4)21(24)23-17-8-6-13(2)7-9-17/h6-9,11-12,14-15,22H,5,10H2,1-4H3,(H,23,24)/t14-,15+/m0/s1. The van der Waals surface area contributed by atoms with Crippen molar-refractivity contribution in [3.05, 3.63) is 47.5 Å². The Balaban J connectivity index is 1.73. The molecule has 0 radical (unpaired) electrons. The highest BCUT2D eigenvalue weighted by Crippen LogP contribution is 2.38. The van der Waals surface area contributed by atoms with Crippen LogP contribution >= 0.6 is 0 Å². The van der Waals surface area contributed by atoms with E-state index < -0.39 is 6.04 Å². The Kier molecular flexibility index (Phi) is 5.35. The van der Waals surface area contributed by atoms with Gasteiger partial charge in [-0.1, -0.05) is 17.7 Å². The molecular formula is C21H26N2O3. The number of rotatable bonds is 6. The molecule has 138 valence electrons. The fourth-order valence-electron chi connectivity index (χ4n) is 3.01. The molecule has 2 aromatic carbocycles. The fourth-order valence-corrected chi connectivity index (χ4v) is 3.01. The number of nitrogens with one attached hydrogen (secondary N) is 2. The van der Waals surface area contributed by atoms with Crippen LogP contribution in [0.2, 0.25) is 0 Å². The van der Waals surface area contributed by atoms with Crippen molar-refractivity contribution in [2.45, 2.75) is 46.3 Å². The molecule has 5 heteroatoms. The molecular weight excluding hydrogens is 328 g/mol. The van der Waals surface area contributed by atoms with E-state index >= 15 is 0 Å². The highest BCUT2D eigenvalue weighted by atomic mass is 16.5. The monoisotopic (exact) mass is 354 g/mol. The lowest BCUT2D eigenvalue weighted by molar-refractivity contribution is -0.116. The first-order valence-electron chi connectivity index (χ1n) is 9.06. The fraction of sp³-hybridized carbons (Fsp3) is 0.381. The highest BCUT2D eigenvalue weighted by molar-refractivity contribution is 5.96. The highest BCUT2D eigenvalue weighted by Gasteiger charge is 2.23. The summed E-state index contributed by atoms with van der Waals surface area (Å²) in [6.45, 7) is 8.40. The SMILES string of the molecule is CCOc1cc2c(cc1N[C@H](C)C(=O)Nc1ccc(C)cc1)O[C@@H](C)C2.